The number of esters is 1. The Bertz CT molecular complexity index is 794. The molecule has 0 saturated heterocycles. The molecule has 0 amide bonds. The molecule has 2 bridgehead atoms. The van der Waals surface area contributed by atoms with Crippen LogP contribution in [-0.4, -0.2) is 23.7 Å². The van der Waals surface area contributed by atoms with E-state index in [1.54, 1.807) is 0 Å². The van der Waals surface area contributed by atoms with E-state index in [0.717, 1.165) is 28.7 Å². The summed E-state index contributed by atoms with van der Waals surface area (Å²) in [6, 6.07) is 15.8. The Labute approximate surface area is 146 Å². The highest BCUT2D eigenvalue weighted by Gasteiger charge is 2.55. The summed E-state index contributed by atoms with van der Waals surface area (Å²) < 4.78 is 5.39. The number of aliphatic carboxylic acids is 1. The van der Waals surface area contributed by atoms with Crippen LogP contribution in [0.15, 0.2) is 48.5 Å². The Kier molecular flexibility index (Phi) is 3.83. The molecule has 5 rings (SSSR count). The third kappa shape index (κ3) is 2.28. The van der Waals surface area contributed by atoms with E-state index in [1.807, 2.05) is 55.5 Å². The summed E-state index contributed by atoms with van der Waals surface area (Å²) in [4.78, 5) is 24.9. The van der Waals surface area contributed by atoms with Crippen LogP contribution in [0, 0.1) is 11.8 Å². The van der Waals surface area contributed by atoms with E-state index in [4.69, 9.17) is 4.74 Å². The van der Waals surface area contributed by atoms with Gasteiger partial charge in [0.05, 0.1) is 18.4 Å². The fourth-order valence-corrected chi connectivity index (χ4v) is 4.56. The van der Waals surface area contributed by atoms with Gasteiger partial charge in [0.25, 0.3) is 0 Å². The maximum Gasteiger partial charge on any atom is 0.310 e. The number of carboxylic acids is 1. The summed E-state index contributed by atoms with van der Waals surface area (Å²) in [5.74, 6) is -3.37. The third-order valence-electron chi connectivity index (χ3n) is 5.44. The van der Waals surface area contributed by atoms with Crippen molar-refractivity contribution in [2.24, 2.45) is 11.8 Å². The van der Waals surface area contributed by atoms with Crippen LogP contribution in [0.3, 0.4) is 0 Å². The molecule has 0 aromatic heterocycles. The van der Waals surface area contributed by atoms with Gasteiger partial charge in [0.2, 0.25) is 0 Å². The van der Waals surface area contributed by atoms with Crippen molar-refractivity contribution in [1.82, 2.24) is 0 Å². The zero-order valence-electron chi connectivity index (χ0n) is 14.0. The predicted octanol–water partition coefficient (Wildman–Crippen LogP) is 3.55. The number of carboxylic acid groups (broad SMARTS) is 1. The van der Waals surface area contributed by atoms with E-state index >= 15 is 0 Å². The molecular formula is C21H20O4. The summed E-state index contributed by atoms with van der Waals surface area (Å²) >= 11 is 0. The van der Waals surface area contributed by atoms with E-state index in [-0.39, 0.29) is 11.8 Å². The van der Waals surface area contributed by atoms with Gasteiger partial charge >= 0.3 is 11.9 Å². The molecule has 0 saturated carbocycles. The van der Waals surface area contributed by atoms with Crippen LogP contribution < -0.4 is 0 Å². The molecule has 3 aliphatic carbocycles. The fraction of sp³-hybridized carbons (Fsp3) is 0.333. The van der Waals surface area contributed by atoms with Gasteiger partial charge in [-0.15, -0.1) is 0 Å². The summed E-state index contributed by atoms with van der Waals surface area (Å²) in [6.07, 6.45) is 0.720. The molecule has 0 aliphatic heterocycles. The maximum atomic E-state index is 12.8. The minimum Gasteiger partial charge on any atom is -0.481 e. The Morgan fingerprint density at radius 3 is 1.72 bits per heavy atom. The van der Waals surface area contributed by atoms with Crippen LogP contribution in [0.2, 0.25) is 0 Å². The van der Waals surface area contributed by atoms with Crippen molar-refractivity contribution < 1.29 is 19.4 Å². The van der Waals surface area contributed by atoms with Crippen molar-refractivity contribution in [3.05, 3.63) is 70.8 Å². The molecule has 4 heteroatoms. The lowest BCUT2D eigenvalue weighted by atomic mass is 9.54. The minimum absolute atomic E-state index is 0.261. The zero-order valence-corrected chi connectivity index (χ0v) is 14.0. The van der Waals surface area contributed by atoms with Crippen molar-refractivity contribution in [2.75, 3.05) is 6.61 Å². The zero-order chi connectivity index (χ0) is 17.6. The van der Waals surface area contributed by atoms with Crippen LogP contribution >= 0.6 is 0 Å². The summed E-state index contributed by atoms with van der Waals surface area (Å²) in [5, 5.41) is 9.95. The molecule has 1 N–H and O–H groups in total. The Morgan fingerprint density at radius 2 is 1.32 bits per heavy atom. The van der Waals surface area contributed by atoms with Gasteiger partial charge in [0, 0.05) is 11.8 Å². The molecule has 0 heterocycles. The third-order valence-corrected chi connectivity index (χ3v) is 5.44. The standard InChI is InChI=1S/C21H20O4/c1-2-11-25-21(24)19-17-14-9-5-3-7-12(14)16(18(19)20(22)23)13-8-4-6-10-15(13)17/h3-10,16-19H,2,11H2,1H3,(H,22,23)/t16?,17?,18-,19+/m1/s1. The average molecular weight is 336 g/mol. The molecule has 2 aromatic rings. The van der Waals surface area contributed by atoms with Crippen molar-refractivity contribution in [2.45, 2.75) is 25.2 Å². The highest BCUT2D eigenvalue weighted by Crippen LogP contribution is 2.58. The van der Waals surface area contributed by atoms with Gasteiger partial charge in [0.15, 0.2) is 0 Å². The van der Waals surface area contributed by atoms with E-state index in [0.29, 0.717) is 6.61 Å². The Morgan fingerprint density at radius 1 is 0.880 bits per heavy atom. The summed E-state index contributed by atoms with van der Waals surface area (Å²) in [7, 11) is 0. The topological polar surface area (TPSA) is 63.6 Å². The van der Waals surface area contributed by atoms with Gasteiger partial charge in [-0.3, -0.25) is 9.59 Å². The van der Waals surface area contributed by atoms with E-state index < -0.39 is 23.8 Å². The molecular weight excluding hydrogens is 316 g/mol. The van der Waals surface area contributed by atoms with Crippen molar-refractivity contribution in [1.29, 1.82) is 0 Å². The minimum atomic E-state index is -0.933. The molecule has 0 unspecified atom stereocenters. The summed E-state index contributed by atoms with van der Waals surface area (Å²) in [5.41, 5.74) is 4.17. The lowest BCUT2D eigenvalue weighted by Gasteiger charge is -2.47. The SMILES string of the molecule is CCCOC(=O)[C@H]1C2c3ccccc3C(c3ccccc32)[C@H]1C(=O)O. The number of fused-ring (bicyclic) bond motifs is 1. The van der Waals surface area contributed by atoms with Gasteiger partial charge in [-0.2, -0.15) is 0 Å². The second-order valence-electron chi connectivity index (χ2n) is 6.77. The number of rotatable bonds is 4. The first-order chi connectivity index (χ1) is 12.1. The largest absolute Gasteiger partial charge is 0.481 e. The molecule has 2 atom stereocenters. The Hall–Kier alpha value is -2.62. The predicted molar refractivity (Wildman–Crippen MR) is 92.4 cm³/mol. The van der Waals surface area contributed by atoms with Gasteiger partial charge in [0.1, 0.15) is 0 Å². The molecule has 4 nitrogen and oxygen atoms in total. The van der Waals surface area contributed by atoms with Gasteiger partial charge in [-0.05, 0) is 28.7 Å². The second-order valence-corrected chi connectivity index (χ2v) is 6.77. The highest BCUT2D eigenvalue weighted by atomic mass is 16.5. The van der Waals surface area contributed by atoms with Crippen LogP contribution in [0.1, 0.15) is 47.4 Å². The fourth-order valence-electron chi connectivity index (χ4n) is 4.56. The van der Waals surface area contributed by atoms with Gasteiger partial charge < -0.3 is 9.84 Å². The normalized spacial score (nSPS) is 25.8. The van der Waals surface area contributed by atoms with Crippen LogP contribution in [0.5, 0.6) is 0 Å². The van der Waals surface area contributed by atoms with Crippen LogP contribution in [0.4, 0.5) is 0 Å². The van der Waals surface area contributed by atoms with E-state index in [2.05, 4.69) is 0 Å². The number of carbonyl (C=O) groups is 2. The molecule has 0 spiro atoms. The second kappa shape index (κ2) is 6.03. The monoisotopic (exact) mass is 336 g/mol. The van der Waals surface area contributed by atoms with E-state index in [1.165, 1.54) is 0 Å². The maximum absolute atomic E-state index is 12.8. The molecule has 2 aromatic carbocycles. The molecule has 0 radical (unpaired) electrons. The lowest BCUT2D eigenvalue weighted by molar-refractivity contribution is -0.160. The van der Waals surface area contributed by atoms with Gasteiger partial charge in [-0.1, -0.05) is 55.5 Å². The van der Waals surface area contributed by atoms with E-state index in [9.17, 15) is 14.7 Å². The van der Waals surface area contributed by atoms with Crippen molar-refractivity contribution >= 4 is 11.9 Å². The smallest absolute Gasteiger partial charge is 0.310 e. The van der Waals surface area contributed by atoms with Crippen LogP contribution in [0.25, 0.3) is 0 Å². The first-order valence-electron chi connectivity index (χ1n) is 8.72. The number of hydrogen-bond donors (Lipinski definition) is 1. The molecule has 128 valence electrons. The van der Waals surface area contributed by atoms with Crippen molar-refractivity contribution in [3.63, 3.8) is 0 Å². The van der Waals surface area contributed by atoms with Crippen LogP contribution in [-0.2, 0) is 14.3 Å². The summed E-state index contributed by atoms with van der Waals surface area (Å²) in [6.45, 7) is 2.25. The number of ether oxygens (including phenoxy) is 1. The lowest BCUT2D eigenvalue weighted by Crippen LogP contribution is -2.47. The molecule has 25 heavy (non-hydrogen) atoms. The first-order valence-corrected chi connectivity index (χ1v) is 8.72. The number of carbonyl (C=O) groups excluding carboxylic acids is 1. The van der Waals surface area contributed by atoms with Gasteiger partial charge in [-0.25, -0.2) is 0 Å². The molecule has 3 aliphatic rings. The number of benzene rings is 2. The quantitative estimate of drug-likeness (QED) is 0.867. The average Bonchev–Trinajstić information content (AvgIpc) is 2.65. The highest BCUT2D eigenvalue weighted by molar-refractivity contribution is 5.87. The molecule has 0 fully saturated rings. The Balaban J connectivity index is 1.92. The number of hydrogen-bond acceptors (Lipinski definition) is 3. The first kappa shape index (κ1) is 15.9. The van der Waals surface area contributed by atoms with Crippen molar-refractivity contribution in [3.8, 4) is 0 Å².